The molecule has 0 radical (unpaired) electrons. The van der Waals surface area contributed by atoms with Gasteiger partial charge in [0.2, 0.25) is 0 Å². The van der Waals surface area contributed by atoms with Gasteiger partial charge < -0.3 is 14.4 Å². The van der Waals surface area contributed by atoms with E-state index in [1.807, 2.05) is 0 Å². The third-order valence-electron chi connectivity index (χ3n) is 6.67. The van der Waals surface area contributed by atoms with E-state index in [2.05, 4.69) is 27.7 Å². The maximum absolute atomic E-state index is 11.6. The van der Waals surface area contributed by atoms with E-state index in [9.17, 15) is 9.90 Å². The first-order chi connectivity index (χ1) is 10.2. The van der Waals surface area contributed by atoms with Crippen LogP contribution in [0.2, 0.25) is 5.82 Å². The zero-order valence-electron chi connectivity index (χ0n) is 14.3. The topological polar surface area (TPSA) is 55.8 Å². The molecule has 3 aliphatic rings. The first kappa shape index (κ1) is 16.3. The quantitative estimate of drug-likeness (QED) is 0.789. The maximum atomic E-state index is 11.6. The van der Waals surface area contributed by atoms with Gasteiger partial charge in [-0.2, -0.15) is 0 Å². The van der Waals surface area contributed by atoms with Crippen molar-refractivity contribution in [2.45, 2.75) is 83.2 Å². The molecular weight excluding hydrogens is 279 g/mol. The van der Waals surface area contributed by atoms with Gasteiger partial charge in [-0.1, -0.05) is 25.7 Å². The molecule has 5 heteroatoms. The second kappa shape index (κ2) is 5.52. The highest BCUT2D eigenvalue weighted by molar-refractivity contribution is 6.47. The van der Waals surface area contributed by atoms with Crippen molar-refractivity contribution in [1.29, 1.82) is 0 Å². The highest BCUT2D eigenvalue weighted by atomic mass is 16.7. The van der Waals surface area contributed by atoms with Crippen LogP contribution in [0.4, 0.5) is 0 Å². The van der Waals surface area contributed by atoms with Crippen molar-refractivity contribution in [2.75, 3.05) is 0 Å². The number of carboxylic acids is 1. The summed E-state index contributed by atoms with van der Waals surface area (Å²) in [6.07, 6.45) is 6.28. The van der Waals surface area contributed by atoms with E-state index in [1.54, 1.807) is 0 Å². The third kappa shape index (κ3) is 2.71. The Morgan fingerprint density at radius 1 is 1.05 bits per heavy atom. The monoisotopic (exact) mass is 308 g/mol. The molecule has 0 aromatic rings. The lowest BCUT2D eigenvalue weighted by Gasteiger charge is -2.42. The van der Waals surface area contributed by atoms with Gasteiger partial charge in [-0.3, -0.25) is 4.79 Å². The standard InChI is InChI=1S/C17H29BO4/c1-16(2)17(3,4)22-18(21-16)12-9-8-11-6-5-7-13(15(19)20)14(11)10-12/h11-14H,5-10H2,1-4H3,(H,19,20). The first-order valence-electron chi connectivity index (χ1n) is 8.80. The molecule has 1 aliphatic heterocycles. The lowest BCUT2D eigenvalue weighted by molar-refractivity contribution is -0.146. The molecule has 0 aromatic heterocycles. The Hall–Kier alpha value is -0.545. The van der Waals surface area contributed by atoms with Crippen molar-refractivity contribution in [3.8, 4) is 0 Å². The van der Waals surface area contributed by atoms with E-state index in [4.69, 9.17) is 9.31 Å². The van der Waals surface area contributed by atoms with E-state index in [0.29, 0.717) is 17.7 Å². The fraction of sp³-hybridized carbons (Fsp3) is 0.941. The molecule has 1 heterocycles. The van der Waals surface area contributed by atoms with Crippen LogP contribution in [0.5, 0.6) is 0 Å². The number of carboxylic acid groups (broad SMARTS) is 1. The Kier molecular flexibility index (Phi) is 4.09. The van der Waals surface area contributed by atoms with E-state index >= 15 is 0 Å². The highest BCUT2D eigenvalue weighted by Crippen LogP contribution is 2.51. The van der Waals surface area contributed by atoms with Crippen LogP contribution >= 0.6 is 0 Å². The molecule has 22 heavy (non-hydrogen) atoms. The van der Waals surface area contributed by atoms with Crippen LogP contribution in [-0.2, 0) is 14.1 Å². The summed E-state index contributed by atoms with van der Waals surface area (Å²) < 4.78 is 12.4. The van der Waals surface area contributed by atoms with Crippen LogP contribution in [0.25, 0.3) is 0 Å². The number of hydrogen-bond acceptors (Lipinski definition) is 3. The molecule has 0 bridgehead atoms. The summed E-state index contributed by atoms with van der Waals surface area (Å²) in [6, 6.07) is 0. The van der Waals surface area contributed by atoms with Gasteiger partial charge in [0, 0.05) is 0 Å². The summed E-state index contributed by atoms with van der Waals surface area (Å²) >= 11 is 0. The SMILES string of the molecule is CC1(C)OB(C2CCC3CCCC(C(=O)O)C3C2)OC1(C)C. The second-order valence-corrected chi connectivity index (χ2v) is 8.50. The minimum absolute atomic E-state index is 0.163. The largest absolute Gasteiger partial charge is 0.481 e. The minimum Gasteiger partial charge on any atom is -0.481 e. The molecule has 0 amide bonds. The summed E-state index contributed by atoms with van der Waals surface area (Å²) in [6.45, 7) is 8.33. The lowest BCUT2D eigenvalue weighted by Crippen LogP contribution is -2.41. The van der Waals surface area contributed by atoms with Gasteiger partial charge in [0.05, 0.1) is 17.1 Å². The van der Waals surface area contributed by atoms with Crippen LogP contribution in [0.1, 0.15) is 66.2 Å². The Labute approximate surface area is 134 Å². The number of carbonyl (C=O) groups is 1. The Morgan fingerprint density at radius 3 is 2.27 bits per heavy atom. The highest BCUT2D eigenvalue weighted by Gasteiger charge is 2.55. The minimum atomic E-state index is -0.607. The average Bonchev–Trinajstić information content (AvgIpc) is 2.66. The normalized spacial score (nSPS) is 40.3. The number of aliphatic carboxylic acids is 1. The van der Waals surface area contributed by atoms with Gasteiger partial charge in [-0.25, -0.2) is 0 Å². The number of hydrogen-bond donors (Lipinski definition) is 1. The fourth-order valence-electron chi connectivity index (χ4n) is 4.60. The molecule has 4 nitrogen and oxygen atoms in total. The smallest absolute Gasteiger partial charge is 0.461 e. The molecule has 2 saturated carbocycles. The first-order valence-corrected chi connectivity index (χ1v) is 8.80. The Morgan fingerprint density at radius 2 is 1.68 bits per heavy atom. The van der Waals surface area contributed by atoms with Gasteiger partial charge in [0.15, 0.2) is 0 Å². The van der Waals surface area contributed by atoms with Crippen LogP contribution in [-0.4, -0.2) is 29.4 Å². The number of fused-ring (bicyclic) bond motifs is 1. The van der Waals surface area contributed by atoms with Crippen LogP contribution in [0.3, 0.4) is 0 Å². The van der Waals surface area contributed by atoms with Gasteiger partial charge in [-0.05, 0) is 58.2 Å². The predicted octanol–water partition coefficient (Wildman–Crippen LogP) is 3.75. The molecule has 3 rings (SSSR count). The van der Waals surface area contributed by atoms with E-state index in [0.717, 1.165) is 32.1 Å². The van der Waals surface area contributed by atoms with Crippen molar-refractivity contribution >= 4 is 13.1 Å². The van der Waals surface area contributed by atoms with Crippen LogP contribution in [0, 0.1) is 17.8 Å². The van der Waals surface area contributed by atoms with Gasteiger partial charge in [0.25, 0.3) is 0 Å². The third-order valence-corrected chi connectivity index (χ3v) is 6.67. The molecule has 0 aromatic carbocycles. The predicted molar refractivity (Wildman–Crippen MR) is 85.6 cm³/mol. The van der Waals surface area contributed by atoms with Crippen molar-refractivity contribution < 1.29 is 19.2 Å². The molecule has 4 atom stereocenters. The van der Waals surface area contributed by atoms with Crippen molar-refractivity contribution in [3.05, 3.63) is 0 Å². The van der Waals surface area contributed by atoms with Crippen molar-refractivity contribution in [3.63, 3.8) is 0 Å². The molecule has 1 saturated heterocycles. The molecule has 1 N–H and O–H groups in total. The molecule has 4 unspecified atom stereocenters. The molecule has 0 spiro atoms. The molecular formula is C17H29BO4. The summed E-state index contributed by atoms with van der Waals surface area (Å²) in [5, 5.41) is 9.53. The fourth-order valence-corrected chi connectivity index (χ4v) is 4.60. The Bertz CT molecular complexity index is 432. The van der Waals surface area contributed by atoms with Crippen molar-refractivity contribution in [1.82, 2.24) is 0 Å². The molecule has 3 fully saturated rings. The summed E-state index contributed by atoms with van der Waals surface area (Å²) in [4.78, 5) is 11.6. The summed E-state index contributed by atoms with van der Waals surface area (Å²) in [7, 11) is -0.178. The van der Waals surface area contributed by atoms with Crippen molar-refractivity contribution in [2.24, 2.45) is 17.8 Å². The van der Waals surface area contributed by atoms with Crippen LogP contribution in [0.15, 0.2) is 0 Å². The second-order valence-electron chi connectivity index (χ2n) is 8.50. The maximum Gasteiger partial charge on any atom is 0.461 e. The van der Waals surface area contributed by atoms with Crippen LogP contribution < -0.4 is 0 Å². The van der Waals surface area contributed by atoms with E-state index < -0.39 is 5.97 Å². The number of rotatable bonds is 2. The zero-order chi connectivity index (χ0) is 16.1. The molecule has 2 aliphatic carbocycles. The molecule has 124 valence electrons. The summed E-state index contributed by atoms with van der Waals surface area (Å²) in [5.74, 6) is 0.466. The Balaban J connectivity index is 1.71. The average molecular weight is 308 g/mol. The lowest BCUT2D eigenvalue weighted by atomic mass is 9.55. The van der Waals surface area contributed by atoms with Gasteiger partial charge in [-0.15, -0.1) is 0 Å². The zero-order valence-corrected chi connectivity index (χ0v) is 14.3. The van der Waals surface area contributed by atoms with Gasteiger partial charge >= 0.3 is 13.1 Å². The van der Waals surface area contributed by atoms with E-state index in [1.165, 1.54) is 6.42 Å². The summed E-state index contributed by atoms with van der Waals surface area (Å²) in [5.41, 5.74) is -0.597. The van der Waals surface area contributed by atoms with E-state index in [-0.39, 0.29) is 24.2 Å². The van der Waals surface area contributed by atoms with Gasteiger partial charge in [0.1, 0.15) is 0 Å².